The van der Waals surface area contributed by atoms with Crippen molar-refractivity contribution >= 4 is 34.6 Å². The van der Waals surface area contributed by atoms with Gasteiger partial charge in [0.25, 0.3) is 5.91 Å². The second-order valence-electron chi connectivity index (χ2n) is 7.44. The van der Waals surface area contributed by atoms with E-state index < -0.39 is 5.91 Å². The molecule has 2 aliphatic heterocycles. The Morgan fingerprint density at radius 3 is 2.90 bits per heavy atom. The van der Waals surface area contributed by atoms with Crippen LogP contribution in [0.15, 0.2) is 76.9 Å². The van der Waals surface area contributed by atoms with Crippen molar-refractivity contribution in [3.05, 3.63) is 88.0 Å². The maximum atomic E-state index is 11.8. The Balaban J connectivity index is 1.48. The highest BCUT2D eigenvalue weighted by molar-refractivity contribution is 7.07. The van der Waals surface area contributed by atoms with Gasteiger partial charge in [0.15, 0.2) is 0 Å². The lowest BCUT2D eigenvalue weighted by Crippen LogP contribution is -2.53. The van der Waals surface area contributed by atoms with Gasteiger partial charge in [-0.25, -0.2) is 0 Å². The van der Waals surface area contributed by atoms with Crippen LogP contribution in [-0.4, -0.2) is 29.2 Å². The maximum Gasteiger partial charge on any atom is 0.250 e. The zero-order valence-electron chi connectivity index (χ0n) is 16.7. The number of fused-ring (bicyclic) bond motifs is 1. The van der Waals surface area contributed by atoms with Crippen LogP contribution in [0, 0.1) is 0 Å². The van der Waals surface area contributed by atoms with Crippen molar-refractivity contribution in [3.8, 4) is 0 Å². The lowest BCUT2D eigenvalue weighted by atomic mass is 10.0. The molecule has 0 saturated heterocycles. The molecule has 0 saturated carbocycles. The summed E-state index contributed by atoms with van der Waals surface area (Å²) in [5.74, 6) is -0.469. The topological polar surface area (TPSA) is 104 Å². The van der Waals surface area contributed by atoms with Crippen LogP contribution in [-0.2, 0) is 6.54 Å². The van der Waals surface area contributed by atoms with E-state index in [9.17, 15) is 4.79 Å². The number of hydrogen-bond donors (Lipinski definition) is 4. The van der Waals surface area contributed by atoms with Gasteiger partial charge in [0.1, 0.15) is 6.17 Å². The second kappa shape index (κ2) is 8.43. The number of allylic oxidation sites excluding steroid dienone is 2. The van der Waals surface area contributed by atoms with E-state index in [-0.39, 0.29) is 12.3 Å². The average molecular weight is 431 g/mol. The zero-order chi connectivity index (χ0) is 21.2. The summed E-state index contributed by atoms with van der Waals surface area (Å²) in [7, 11) is 0. The Labute approximate surface area is 183 Å². The number of carbonyl (C=O) groups is 1. The van der Waals surface area contributed by atoms with Gasteiger partial charge in [-0.15, -0.1) is 0 Å². The summed E-state index contributed by atoms with van der Waals surface area (Å²) in [6.07, 6.45) is 5.58. The van der Waals surface area contributed by atoms with Gasteiger partial charge in [-0.2, -0.15) is 4.37 Å². The van der Waals surface area contributed by atoms with Crippen LogP contribution >= 0.6 is 11.5 Å². The van der Waals surface area contributed by atoms with E-state index in [4.69, 9.17) is 5.73 Å². The summed E-state index contributed by atoms with van der Waals surface area (Å²) in [5.41, 5.74) is 10.0. The molecule has 2 aromatic carbocycles. The van der Waals surface area contributed by atoms with Crippen molar-refractivity contribution in [2.24, 2.45) is 10.7 Å². The Kier molecular flexibility index (Phi) is 5.33. The molecule has 5 N–H and O–H groups in total. The van der Waals surface area contributed by atoms with Crippen molar-refractivity contribution < 1.29 is 4.79 Å². The molecule has 0 radical (unpaired) electrons. The summed E-state index contributed by atoms with van der Waals surface area (Å²) in [6, 6.07) is 15.8. The fraction of sp³-hybridized carbons (Fsp3) is 0.174. The van der Waals surface area contributed by atoms with Crippen LogP contribution in [0.3, 0.4) is 0 Å². The van der Waals surface area contributed by atoms with Gasteiger partial charge in [0.2, 0.25) is 0 Å². The normalized spacial score (nSPS) is 20.4. The molecule has 2 atom stereocenters. The minimum absolute atomic E-state index is 0.0715. The molecule has 0 spiro atoms. The standard InChI is InChI=1S/C23H22N6OS/c24-21(30)16-9-4-8-15-19(16)29-31-20(15)23-27-18-10-5-11-25-13-17(18)22(28-23)26-12-14-6-2-1-3-7-14/h1-11,22-23,26-28H,12-13H2,(H2,24,30). The molecular formula is C23H22N6OS. The molecular weight excluding hydrogens is 408 g/mol. The van der Waals surface area contributed by atoms with Gasteiger partial charge in [-0.05, 0) is 35.3 Å². The highest BCUT2D eigenvalue weighted by Gasteiger charge is 2.30. The highest BCUT2D eigenvalue weighted by atomic mass is 32.1. The number of nitrogens with one attached hydrogen (secondary N) is 3. The largest absolute Gasteiger partial charge is 0.366 e. The predicted octanol–water partition coefficient (Wildman–Crippen LogP) is 2.60. The van der Waals surface area contributed by atoms with E-state index in [1.165, 1.54) is 17.1 Å². The fourth-order valence-electron chi connectivity index (χ4n) is 3.93. The molecule has 31 heavy (non-hydrogen) atoms. The SMILES string of the molecule is NC(=O)c1cccc2c(C3NC4=C(CN=CC=C4)C(NCc4ccccc4)N3)snc12. The third kappa shape index (κ3) is 3.88. The van der Waals surface area contributed by atoms with Crippen molar-refractivity contribution in [2.45, 2.75) is 18.9 Å². The lowest BCUT2D eigenvalue weighted by Gasteiger charge is -2.35. The number of hydrogen-bond acceptors (Lipinski definition) is 7. The Morgan fingerprint density at radius 1 is 1.19 bits per heavy atom. The minimum Gasteiger partial charge on any atom is -0.366 e. The molecule has 0 fully saturated rings. The maximum absolute atomic E-state index is 11.8. The molecule has 7 nitrogen and oxygen atoms in total. The Bertz CT molecular complexity index is 1210. The van der Waals surface area contributed by atoms with Gasteiger partial charge in [0.05, 0.1) is 28.7 Å². The number of aromatic nitrogens is 1. The number of benzene rings is 2. The van der Waals surface area contributed by atoms with E-state index in [1.54, 1.807) is 6.07 Å². The number of nitrogens with two attached hydrogens (primary N) is 1. The number of amides is 1. The van der Waals surface area contributed by atoms with Gasteiger partial charge in [-0.1, -0.05) is 42.5 Å². The van der Waals surface area contributed by atoms with Crippen molar-refractivity contribution in [2.75, 3.05) is 6.54 Å². The highest BCUT2D eigenvalue weighted by Crippen LogP contribution is 2.32. The predicted molar refractivity (Wildman–Crippen MR) is 124 cm³/mol. The minimum atomic E-state index is -0.469. The first-order chi connectivity index (χ1) is 15.2. The van der Waals surface area contributed by atoms with Crippen LogP contribution in [0.5, 0.6) is 0 Å². The number of carbonyl (C=O) groups excluding carboxylic acids is 1. The molecule has 0 aliphatic carbocycles. The van der Waals surface area contributed by atoms with Crippen molar-refractivity contribution in [1.29, 1.82) is 0 Å². The molecule has 1 amide bonds. The fourth-order valence-corrected chi connectivity index (χ4v) is 4.81. The van der Waals surface area contributed by atoms with E-state index in [2.05, 4.69) is 43.5 Å². The molecule has 3 aromatic rings. The van der Waals surface area contributed by atoms with Gasteiger partial charge < -0.3 is 11.1 Å². The third-order valence-electron chi connectivity index (χ3n) is 5.46. The third-order valence-corrected chi connectivity index (χ3v) is 6.39. The second-order valence-corrected chi connectivity index (χ2v) is 8.25. The molecule has 8 heteroatoms. The smallest absolute Gasteiger partial charge is 0.250 e. The molecule has 2 aliphatic rings. The first-order valence-electron chi connectivity index (χ1n) is 10.1. The molecule has 5 rings (SSSR count). The van der Waals surface area contributed by atoms with Crippen LogP contribution in [0.4, 0.5) is 0 Å². The van der Waals surface area contributed by atoms with Gasteiger partial charge in [-0.3, -0.25) is 20.4 Å². The molecule has 2 unspecified atom stereocenters. The average Bonchev–Trinajstić information content (AvgIpc) is 3.08. The van der Waals surface area contributed by atoms with E-state index in [0.29, 0.717) is 17.6 Å². The van der Waals surface area contributed by atoms with Gasteiger partial charge in [0, 0.05) is 29.4 Å². The van der Waals surface area contributed by atoms with Crippen molar-refractivity contribution in [1.82, 2.24) is 20.3 Å². The van der Waals surface area contributed by atoms with Crippen molar-refractivity contribution in [3.63, 3.8) is 0 Å². The van der Waals surface area contributed by atoms with E-state index in [0.717, 1.165) is 28.1 Å². The summed E-state index contributed by atoms with van der Waals surface area (Å²) in [5, 5.41) is 11.8. The number of aliphatic imine (C=N–C) groups is 1. The summed E-state index contributed by atoms with van der Waals surface area (Å²) in [6.45, 7) is 1.33. The molecule has 156 valence electrons. The zero-order valence-corrected chi connectivity index (χ0v) is 17.5. The molecule has 3 heterocycles. The summed E-state index contributed by atoms with van der Waals surface area (Å²) >= 11 is 1.37. The summed E-state index contributed by atoms with van der Waals surface area (Å²) in [4.78, 5) is 17.3. The van der Waals surface area contributed by atoms with Gasteiger partial charge >= 0.3 is 0 Å². The van der Waals surface area contributed by atoms with Crippen LogP contribution in [0.25, 0.3) is 10.9 Å². The molecule has 1 aromatic heterocycles. The first-order valence-corrected chi connectivity index (χ1v) is 10.9. The molecule has 0 bridgehead atoms. The van der Waals surface area contributed by atoms with Crippen LogP contribution < -0.4 is 21.7 Å². The number of primary amides is 1. The number of nitrogens with zero attached hydrogens (tertiary/aromatic N) is 2. The van der Waals surface area contributed by atoms with E-state index in [1.807, 2.05) is 42.6 Å². The monoisotopic (exact) mass is 430 g/mol. The summed E-state index contributed by atoms with van der Waals surface area (Å²) < 4.78 is 4.54. The number of rotatable bonds is 5. The van der Waals surface area contributed by atoms with E-state index >= 15 is 0 Å². The van der Waals surface area contributed by atoms with Crippen LogP contribution in [0.1, 0.15) is 27.0 Å². The first kappa shape index (κ1) is 19.6. The Hall–Kier alpha value is -3.33. The lowest BCUT2D eigenvalue weighted by molar-refractivity contribution is 0.100. The van der Waals surface area contributed by atoms with Crippen LogP contribution in [0.2, 0.25) is 0 Å². The quantitative estimate of drug-likeness (QED) is 0.498. The Morgan fingerprint density at radius 2 is 2.06 bits per heavy atom.